The van der Waals surface area contributed by atoms with Crippen molar-refractivity contribution in [3.63, 3.8) is 0 Å². The minimum absolute atomic E-state index is 0.283. The van der Waals surface area contributed by atoms with Gasteiger partial charge in [0.25, 0.3) is 0 Å². The number of benzene rings is 1. The van der Waals surface area contributed by atoms with Gasteiger partial charge in [-0.25, -0.2) is 9.79 Å². The van der Waals surface area contributed by atoms with E-state index >= 15 is 0 Å². The third-order valence-electron chi connectivity index (χ3n) is 1.99. The van der Waals surface area contributed by atoms with E-state index in [1.54, 1.807) is 0 Å². The van der Waals surface area contributed by atoms with Crippen LogP contribution >= 0.6 is 12.2 Å². The number of carbonyl (C=O) groups excluding carboxylic acids is 1. The molecular formula is C12H14N2O2S. The van der Waals surface area contributed by atoms with Gasteiger partial charge in [-0.05, 0) is 24.2 Å². The maximum atomic E-state index is 11.2. The zero-order chi connectivity index (χ0) is 12.3. The number of ether oxygens (including phenoxy) is 1. The van der Waals surface area contributed by atoms with Crippen LogP contribution in [0.2, 0.25) is 0 Å². The second kappa shape index (κ2) is 8.44. The minimum atomic E-state index is -0.416. The van der Waals surface area contributed by atoms with E-state index in [4.69, 9.17) is 4.74 Å². The predicted molar refractivity (Wildman–Crippen MR) is 69.1 cm³/mol. The molecule has 1 rings (SSSR count). The van der Waals surface area contributed by atoms with E-state index in [0.717, 1.165) is 12.0 Å². The zero-order valence-corrected chi connectivity index (χ0v) is 10.2. The maximum absolute atomic E-state index is 11.2. The largest absolute Gasteiger partial charge is 0.445 e. The Kier molecular flexibility index (Phi) is 6.63. The summed E-state index contributed by atoms with van der Waals surface area (Å²) in [7, 11) is 0. The van der Waals surface area contributed by atoms with E-state index in [0.29, 0.717) is 13.1 Å². The molecule has 0 aliphatic heterocycles. The molecule has 0 aromatic heterocycles. The molecule has 0 spiro atoms. The molecule has 0 radical (unpaired) electrons. The molecule has 5 heteroatoms. The Labute approximate surface area is 106 Å². The number of nitrogens with zero attached hydrogens (tertiary/aromatic N) is 1. The lowest BCUT2D eigenvalue weighted by Crippen LogP contribution is -2.25. The van der Waals surface area contributed by atoms with Crippen LogP contribution in [-0.4, -0.2) is 24.3 Å². The van der Waals surface area contributed by atoms with Gasteiger partial charge in [-0.3, -0.25) is 0 Å². The number of carbonyl (C=O) groups is 1. The standard InChI is InChI=1S/C12H14N2O2S/c15-12(14-8-4-7-13-10-17)16-9-11-5-2-1-3-6-11/h1-3,5-6H,4,7-9H2,(H,14,15). The fourth-order valence-corrected chi connectivity index (χ4v) is 1.26. The molecule has 90 valence electrons. The first-order valence-electron chi connectivity index (χ1n) is 5.31. The molecule has 0 saturated heterocycles. The minimum Gasteiger partial charge on any atom is -0.445 e. The third-order valence-corrected chi connectivity index (χ3v) is 2.12. The summed E-state index contributed by atoms with van der Waals surface area (Å²) < 4.78 is 5.02. The Morgan fingerprint density at radius 3 is 2.88 bits per heavy atom. The lowest BCUT2D eigenvalue weighted by atomic mass is 10.2. The number of nitrogens with one attached hydrogen (secondary N) is 1. The van der Waals surface area contributed by atoms with Gasteiger partial charge in [0.15, 0.2) is 0 Å². The number of amides is 1. The zero-order valence-electron chi connectivity index (χ0n) is 9.39. The Bertz CT molecular complexity index is 389. The van der Waals surface area contributed by atoms with Crippen molar-refractivity contribution in [3.05, 3.63) is 35.9 Å². The van der Waals surface area contributed by atoms with Crippen molar-refractivity contribution in [3.8, 4) is 0 Å². The summed E-state index contributed by atoms with van der Waals surface area (Å²) in [4.78, 5) is 15.0. The van der Waals surface area contributed by atoms with Crippen LogP contribution in [0, 0.1) is 0 Å². The van der Waals surface area contributed by atoms with Crippen LogP contribution in [-0.2, 0) is 11.3 Å². The molecular weight excluding hydrogens is 236 g/mol. The third kappa shape index (κ3) is 6.45. The Morgan fingerprint density at radius 1 is 1.41 bits per heavy atom. The van der Waals surface area contributed by atoms with Crippen LogP contribution in [0.3, 0.4) is 0 Å². The first-order valence-corrected chi connectivity index (χ1v) is 5.72. The highest BCUT2D eigenvalue weighted by atomic mass is 32.1. The van der Waals surface area contributed by atoms with E-state index in [1.807, 2.05) is 30.3 Å². The summed E-state index contributed by atoms with van der Waals surface area (Å²) in [6.07, 6.45) is 0.310. The number of hydrogen-bond donors (Lipinski definition) is 1. The molecule has 0 aliphatic carbocycles. The van der Waals surface area contributed by atoms with Gasteiger partial charge in [-0.1, -0.05) is 30.3 Å². The van der Waals surface area contributed by atoms with Gasteiger partial charge in [0.05, 0.1) is 11.7 Å². The lowest BCUT2D eigenvalue weighted by Gasteiger charge is -2.06. The maximum Gasteiger partial charge on any atom is 0.407 e. The highest BCUT2D eigenvalue weighted by Crippen LogP contribution is 2.00. The van der Waals surface area contributed by atoms with Crippen LogP contribution in [0.5, 0.6) is 0 Å². The molecule has 0 atom stereocenters. The second-order valence-electron chi connectivity index (χ2n) is 3.32. The van der Waals surface area contributed by atoms with Gasteiger partial charge in [-0.15, -0.1) is 0 Å². The molecule has 1 aromatic carbocycles. The number of aliphatic imine (C=N–C) groups is 1. The normalized spacial score (nSPS) is 9.18. The topological polar surface area (TPSA) is 50.7 Å². The van der Waals surface area contributed by atoms with Crippen LogP contribution in [0.25, 0.3) is 0 Å². The van der Waals surface area contributed by atoms with Crippen molar-refractivity contribution >= 4 is 23.5 Å². The van der Waals surface area contributed by atoms with Crippen molar-refractivity contribution in [2.75, 3.05) is 13.1 Å². The first-order chi connectivity index (χ1) is 8.33. The van der Waals surface area contributed by atoms with Crippen molar-refractivity contribution in [1.82, 2.24) is 5.32 Å². The molecule has 1 N–H and O–H groups in total. The van der Waals surface area contributed by atoms with Crippen LogP contribution in [0.1, 0.15) is 12.0 Å². The van der Waals surface area contributed by atoms with Gasteiger partial charge in [0, 0.05) is 6.54 Å². The summed E-state index contributed by atoms with van der Waals surface area (Å²) in [5.41, 5.74) is 0.966. The van der Waals surface area contributed by atoms with Crippen LogP contribution < -0.4 is 5.32 Å². The number of hydrogen-bond acceptors (Lipinski definition) is 4. The molecule has 0 heterocycles. The fraction of sp³-hybridized carbons (Fsp3) is 0.333. The van der Waals surface area contributed by atoms with E-state index in [1.165, 1.54) is 0 Å². The number of rotatable bonds is 6. The molecule has 17 heavy (non-hydrogen) atoms. The number of alkyl carbamates (subject to hydrolysis) is 1. The van der Waals surface area contributed by atoms with E-state index < -0.39 is 6.09 Å². The van der Waals surface area contributed by atoms with Crippen molar-refractivity contribution in [2.45, 2.75) is 13.0 Å². The smallest absolute Gasteiger partial charge is 0.407 e. The van der Waals surface area contributed by atoms with Gasteiger partial charge in [0.1, 0.15) is 6.61 Å². The van der Waals surface area contributed by atoms with Gasteiger partial charge >= 0.3 is 6.09 Å². The monoisotopic (exact) mass is 250 g/mol. The molecule has 0 bridgehead atoms. The summed E-state index contributed by atoms with van der Waals surface area (Å²) in [5, 5.41) is 4.90. The second-order valence-corrected chi connectivity index (χ2v) is 3.50. The van der Waals surface area contributed by atoms with Crippen LogP contribution in [0.4, 0.5) is 4.79 Å². The van der Waals surface area contributed by atoms with Crippen molar-refractivity contribution in [2.24, 2.45) is 4.99 Å². The average molecular weight is 250 g/mol. The summed E-state index contributed by atoms with van der Waals surface area (Å²) in [5.74, 6) is 0. The van der Waals surface area contributed by atoms with Crippen LogP contribution in [0.15, 0.2) is 35.3 Å². The number of thiocarbonyl (C=S) groups is 1. The Balaban J connectivity index is 2.11. The Hall–Kier alpha value is -1.71. The van der Waals surface area contributed by atoms with Gasteiger partial charge in [-0.2, -0.15) is 0 Å². The first kappa shape index (κ1) is 13.4. The summed E-state index contributed by atoms with van der Waals surface area (Å²) in [6.45, 7) is 1.38. The molecule has 1 amide bonds. The van der Waals surface area contributed by atoms with Crippen molar-refractivity contribution in [1.29, 1.82) is 0 Å². The summed E-state index contributed by atoms with van der Waals surface area (Å²) >= 11 is 4.42. The van der Waals surface area contributed by atoms with Gasteiger partial charge < -0.3 is 10.1 Å². The molecule has 0 fully saturated rings. The van der Waals surface area contributed by atoms with E-state index in [9.17, 15) is 4.79 Å². The molecule has 0 unspecified atom stereocenters. The molecule has 1 aromatic rings. The quantitative estimate of drug-likeness (QED) is 0.479. The predicted octanol–water partition coefficient (Wildman–Crippen LogP) is 2.41. The van der Waals surface area contributed by atoms with Crippen molar-refractivity contribution < 1.29 is 9.53 Å². The van der Waals surface area contributed by atoms with E-state index in [-0.39, 0.29) is 6.61 Å². The Morgan fingerprint density at radius 2 is 2.18 bits per heavy atom. The molecule has 0 aliphatic rings. The summed E-state index contributed by atoms with van der Waals surface area (Å²) in [6, 6.07) is 9.53. The fourth-order valence-electron chi connectivity index (χ4n) is 1.17. The molecule has 0 saturated carbocycles. The number of isothiocyanates is 1. The SMILES string of the molecule is O=C(NCCCN=C=S)OCc1ccccc1. The highest BCUT2D eigenvalue weighted by molar-refractivity contribution is 7.78. The van der Waals surface area contributed by atoms with E-state index in [2.05, 4.69) is 27.7 Å². The highest BCUT2D eigenvalue weighted by Gasteiger charge is 2.00. The van der Waals surface area contributed by atoms with Gasteiger partial charge in [0.2, 0.25) is 0 Å². The average Bonchev–Trinajstić information content (AvgIpc) is 2.37. The lowest BCUT2D eigenvalue weighted by molar-refractivity contribution is 0.139. The molecule has 4 nitrogen and oxygen atoms in total.